The highest BCUT2D eigenvalue weighted by Crippen LogP contribution is 2.22. The van der Waals surface area contributed by atoms with Crippen LogP contribution in [0.25, 0.3) is 0 Å². The number of aliphatic hydroxyl groups is 1. The molecule has 0 aromatic heterocycles. The van der Waals surface area contributed by atoms with E-state index in [9.17, 15) is 5.11 Å². The topological polar surface area (TPSA) is 55.5 Å². The van der Waals surface area contributed by atoms with Crippen LogP contribution in [-0.2, 0) is 0 Å². The van der Waals surface area contributed by atoms with Crippen molar-refractivity contribution in [1.29, 1.82) is 0 Å². The Morgan fingerprint density at radius 3 is 2.61 bits per heavy atom. The summed E-state index contributed by atoms with van der Waals surface area (Å²) < 4.78 is 5.76. The molecule has 1 aromatic carbocycles. The second-order valence-corrected chi connectivity index (χ2v) is 5.20. The van der Waals surface area contributed by atoms with Crippen molar-refractivity contribution in [3.05, 3.63) is 29.8 Å². The van der Waals surface area contributed by atoms with Crippen molar-refractivity contribution in [1.82, 2.24) is 0 Å². The molecule has 3 N–H and O–H groups in total. The second-order valence-electron chi connectivity index (χ2n) is 5.20. The van der Waals surface area contributed by atoms with Gasteiger partial charge in [-0.2, -0.15) is 0 Å². The molecule has 0 saturated carbocycles. The van der Waals surface area contributed by atoms with Gasteiger partial charge in [-0.3, -0.25) is 0 Å². The van der Waals surface area contributed by atoms with Crippen molar-refractivity contribution in [2.75, 3.05) is 13.2 Å². The molecular weight excluding hydrogens is 226 g/mol. The smallest absolute Gasteiger partial charge is 0.119 e. The number of hydrogen-bond donors (Lipinski definition) is 2. The normalized spacial score (nSPS) is 14.6. The van der Waals surface area contributed by atoms with Crippen LogP contribution in [0.15, 0.2) is 24.3 Å². The maximum atomic E-state index is 9.88. The summed E-state index contributed by atoms with van der Waals surface area (Å²) >= 11 is 0. The van der Waals surface area contributed by atoms with E-state index >= 15 is 0 Å². The average molecular weight is 251 g/mol. The van der Waals surface area contributed by atoms with E-state index in [1.165, 1.54) is 0 Å². The average Bonchev–Trinajstić information content (AvgIpc) is 2.36. The third kappa shape index (κ3) is 4.67. The van der Waals surface area contributed by atoms with Gasteiger partial charge < -0.3 is 15.6 Å². The zero-order valence-corrected chi connectivity index (χ0v) is 11.6. The van der Waals surface area contributed by atoms with E-state index in [2.05, 4.69) is 20.8 Å². The van der Waals surface area contributed by atoms with Crippen molar-refractivity contribution in [2.24, 2.45) is 17.6 Å². The molecule has 1 rings (SSSR count). The zero-order valence-electron chi connectivity index (χ0n) is 11.6. The number of ether oxygens (including phenoxy) is 1. The van der Waals surface area contributed by atoms with Gasteiger partial charge in [-0.1, -0.05) is 32.9 Å². The Kier molecular flexibility index (Phi) is 6.16. The van der Waals surface area contributed by atoms with Gasteiger partial charge in [-0.15, -0.1) is 0 Å². The van der Waals surface area contributed by atoms with Gasteiger partial charge in [-0.25, -0.2) is 0 Å². The Balaban J connectivity index is 2.59. The van der Waals surface area contributed by atoms with E-state index in [1.807, 2.05) is 24.3 Å². The summed E-state index contributed by atoms with van der Waals surface area (Å²) in [6.45, 7) is 7.74. The summed E-state index contributed by atoms with van der Waals surface area (Å²) in [5, 5.41) is 9.88. The van der Waals surface area contributed by atoms with Crippen LogP contribution >= 0.6 is 0 Å². The third-order valence-electron chi connectivity index (χ3n) is 3.33. The molecule has 0 radical (unpaired) electrons. The Hall–Kier alpha value is -1.06. The van der Waals surface area contributed by atoms with Crippen LogP contribution in [0.4, 0.5) is 0 Å². The minimum absolute atomic E-state index is 0.483. The SMILES string of the molecule is CC(C)C(C)COc1cccc(C(O)CCN)c1. The van der Waals surface area contributed by atoms with Gasteiger partial charge in [0.05, 0.1) is 12.7 Å². The first-order chi connectivity index (χ1) is 8.54. The van der Waals surface area contributed by atoms with Crippen LogP contribution < -0.4 is 10.5 Å². The molecule has 0 bridgehead atoms. The fraction of sp³-hybridized carbons (Fsp3) is 0.600. The molecule has 1 aromatic rings. The Labute approximate surface area is 110 Å². The highest BCUT2D eigenvalue weighted by Gasteiger charge is 2.10. The van der Waals surface area contributed by atoms with E-state index in [-0.39, 0.29) is 0 Å². The molecule has 0 fully saturated rings. The molecule has 3 nitrogen and oxygen atoms in total. The fourth-order valence-electron chi connectivity index (χ4n) is 1.56. The lowest BCUT2D eigenvalue weighted by atomic mass is 9.99. The van der Waals surface area contributed by atoms with Crippen LogP contribution in [0.1, 0.15) is 38.9 Å². The maximum absolute atomic E-state index is 9.88. The minimum Gasteiger partial charge on any atom is -0.493 e. The molecule has 2 atom stereocenters. The molecule has 102 valence electrons. The van der Waals surface area contributed by atoms with Crippen molar-refractivity contribution in [3.63, 3.8) is 0 Å². The molecule has 0 aliphatic rings. The Morgan fingerprint density at radius 1 is 1.28 bits per heavy atom. The van der Waals surface area contributed by atoms with Crippen molar-refractivity contribution >= 4 is 0 Å². The van der Waals surface area contributed by atoms with E-state index in [4.69, 9.17) is 10.5 Å². The monoisotopic (exact) mass is 251 g/mol. The molecule has 18 heavy (non-hydrogen) atoms. The minimum atomic E-state index is -0.499. The summed E-state index contributed by atoms with van der Waals surface area (Å²) in [6, 6.07) is 7.63. The van der Waals surface area contributed by atoms with Crippen LogP contribution in [0, 0.1) is 11.8 Å². The summed E-state index contributed by atoms with van der Waals surface area (Å²) in [7, 11) is 0. The molecule has 3 heteroatoms. The number of rotatable bonds is 7. The van der Waals surface area contributed by atoms with E-state index in [1.54, 1.807) is 0 Å². The highest BCUT2D eigenvalue weighted by molar-refractivity contribution is 5.29. The van der Waals surface area contributed by atoms with Crippen molar-refractivity contribution in [2.45, 2.75) is 33.3 Å². The first-order valence-electron chi connectivity index (χ1n) is 6.65. The van der Waals surface area contributed by atoms with Crippen LogP contribution in [0.5, 0.6) is 5.75 Å². The molecule has 0 heterocycles. The summed E-state index contributed by atoms with van der Waals surface area (Å²) in [6.07, 6.45) is 0.0762. The van der Waals surface area contributed by atoms with Crippen molar-refractivity contribution in [3.8, 4) is 5.75 Å². The Morgan fingerprint density at radius 2 is 2.00 bits per heavy atom. The van der Waals surface area contributed by atoms with E-state index < -0.39 is 6.10 Å². The van der Waals surface area contributed by atoms with Crippen LogP contribution in [0.2, 0.25) is 0 Å². The lowest BCUT2D eigenvalue weighted by molar-refractivity contribution is 0.169. The standard InChI is InChI=1S/C15H25NO2/c1-11(2)12(3)10-18-14-6-4-5-13(9-14)15(17)7-8-16/h4-6,9,11-12,15,17H,7-8,10,16H2,1-3H3. The molecule has 0 amide bonds. The number of hydrogen-bond acceptors (Lipinski definition) is 3. The predicted octanol–water partition coefficient (Wildman–Crippen LogP) is 2.74. The highest BCUT2D eigenvalue weighted by atomic mass is 16.5. The first-order valence-corrected chi connectivity index (χ1v) is 6.65. The van der Waals surface area contributed by atoms with Gasteiger partial charge in [0.2, 0.25) is 0 Å². The van der Waals surface area contributed by atoms with Gasteiger partial charge in [0.25, 0.3) is 0 Å². The fourth-order valence-corrected chi connectivity index (χ4v) is 1.56. The molecule has 0 spiro atoms. The largest absolute Gasteiger partial charge is 0.493 e. The van der Waals surface area contributed by atoms with Crippen LogP contribution in [0.3, 0.4) is 0 Å². The molecule has 0 aliphatic carbocycles. The van der Waals surface area contributed by atoms with Gasteiger partial charge >= 0.3 is 0 Å². The van der Waals surface area contributed by atoms with Gasteiger partial charge in [-0.05, 0) is 42.5 Å². The summed E-state index contributed by atoms with van der Waals surface area (Å²) in [5.41, 5.74) is 6.32. The predicted molar refractivity (Wildman–Crippen MR) is 74.6 cm³/mol. The summed E-state index contributed by atoms with van der Waals surface area (Å²) in [4.78, 5) is 0. The van der Waals surface area contributed by atoms with Crippen LogP contribution in [-0.4, -0.2) is 18.3 Å². The van der Waals surface area contributed by atoms with Gasteiger partial charge in [0, 0.05) is 0 Å². The zero-order chi connectivity index (χ0) is 13.5. The van der Waals surface area contributed by atoms with E-state index in [0.717, 1.165) is 11.3 Å². The van der Waals surface area contributed by atoms with Crippen molar-refractivity contribution < 1.29 is 9.84 Å². The summed E-state index contributed by atoms with van der Waals surface area (Å²) in [5.74, 6) is 1.94. The second kappa shape index (κ2) is 7.39. The van der Waals surface area contributed by atoms with E-state index in [0.29, 0.717) is 31.4 Å². The number of aliphatic hydroxyl groups excluding tert-OH is 1. The molecular formula is C15H25NO2. The molecule has 0 saturated heterocycles. The first kappa shape index (κ1) is 15.0. The Bertz CT molecular complexity index is 352. The number of nitrogens with two attached hydrogens (primary N) is 1. The maximum Gasteiger partial charge on any atom is 0.119 e. The molecule has 2 unspecified atom stereocenters. The van der Waals surface area contributed by atoms with Gasteiger partial charge in [0.1, 0.15) is 5.75 Å². The quantitative estimate of drug-likeness (QED) is 0.783. The number of benzene rings is 1. The lowest BCUT2D eigenvalue weighted by Gasteiger charge is -2.17. The molecule has 0 aliphatic heterocycles. The third-order valence-corrected chi connectivity index (χ3v) is 3.33. The van der Waals surface area contributed by atoms with Gasteiger partial charge in [0.15, 0.2) is 0 Å². The lowest BCUT2D eigenvalue weighted by Crippen LogP contribution is -2.14.